The molecule has 2 N–H and O–H groups in total. The smallest absolute Gasteiger partial charge is 0.274 e. The lowest BCUT2D eigenvalue weighted by Gasteiger charge is -2.02. The molecule has 0 spiro atoms. The highest BCUT2D eigenvalue weighted by molar-refractivity contribution is 7.26. The van der Waals surface area contributed by atoms with Crippen LogP contribution < -0.4 is 4.52 Å². The Bertz CT molecular complexity index is 718. The lowest BCUT2D eigenvalue weighted by Crippen LogP contribution is -1.77. The summed E-state index contributed by atoms with van der Waals surface area (Å²) in [5.41, 5.74) is 0. The molecule has 1 rings (SSSR count). The fraction of sp³-hybridized carbons (Fsp3) is 0.667. The maximum absolute atomic E-state index is 5.35. The van der Waals surface area contributed by atoms with E-state index in [4.69, 9.17) is 9.05 Å². The molecule has 1 aromatic rings. The van der Waals surface area contributed by atoms with Gasteiger partial charge >= 0.3 is 0 Å². The highest BCUT2D eigenvalue weighted by Gasteiger charge is 1.91. The number of allylic oxidation sites excluding steroid dienone is 6. The van der Waals surface area contributed by atoms with E-state index >= 15 is 0 Å². The number of para-hydroxylation sites is 1. The quantitative estimate of drug-likeness (QED) is 0.0259. The molecule has 1 atom stereocenters. The molecule has 0 aliphatic carbocycles. The van der Waals surface area contributed by atoms with E-state index < -0.39 is 0 Å². The van der Waals surface area contributed by atoms with Crippen molar-refractivity contribution in [2.45, 2.75) is 208 Å². The van der Waals surface area contributed by atoms with Gasteiger partial charge in [0.1, 0.15) is 5.75 Å². The largest absolute Gasteiger partial charge is 0.449 e. The minimum atomic E-state index is 0. The Morgan fingerprint density at radius 3 is 1.10 bits per heavy atom. The van der Waals surface area contributed by atoms with Crippen LogP contribution >= 0.6 is 9.03 Å². The molecule has 0 bridgehead atoms. The molecule has 0 heterocycles. The third-order valence-corrected chi connectivity index (χ3v) is 8.46. The molecular weight excluding hydrogens is 655 g/mol. The van der Waals surface area contributed by atoms with Crippen molar-refractivity contribution in [2.75, 3.05) is 0 Å². The first-order valence-corrected chi connectivity index (χ1v) is 22.2. The van der Waals surface area contributed by atoms with E-state index in [1.807, 2.05) is 54.6 Å². The van der Waals surface area contributed by atoms with Crippen LogP contribution in [-0.2, 0) is 4.52 Å². The number of hydrogen-bond donors (Lipinski definition) is 0. The SMILES string of the molecule is C=C/C=C\C=C.C=CCC/C=C/OPOc1ccccc1.CCCCCCCCCC.CCCCCCCCCC.CCCCCCCCCC.O. The van der Waals surface area contributed by atoms with E-state index in [0.29, 0.717) is 0 Å². The predicted molar refractivity (Wildman–Crippen MR) is 243 cm³/mol. The highest BCUT2D eigenvalue weighted by Crippen LogP contribution is 2.21. The molecule has 3 nitrogen and oxygen atoms in total. The summed E-state index contributed by atoms with van der Waals surface area (Å²) in [6.07, 6.45) is 48.9. The minimum absolute atomic E-state index is 0. The van der Waals surface area contributed by atoms with Gasteiger partial charge in [0.2, 0.25) is 0 Å². The first-order valence-electron chi connectivity index (χ1n) is 21.4. The Labute approximate surface area is 329 Å². The lowest BCUT2D eigenvalue weighted by molar-refractivity contribution is 0.466. The molecule has 0 aliphatic heterocycles. The number of hydrogen-bond acceptors (Lipinski definition) is 2. The van der Waals surface area contributed by atoms with Crippen LogP contribution in [0, 0.1) is 0 Å². The Morgan fingerprint density at radius 2 is 0.808 bits per heavy atom. The molecule has 52 heavy (non-hydrogen) atoms. The monoisotopic (exact) mass is 747 g/mol. The summed E-state index contributed by atoms with van der Waals surface area (Å²) in [6.45, 7) is 24.2. The van der Waals surface area contributed by atoms with E-state index in [1.54, 1.807) is 18.4 Å². The van der Waals surface area contributed by atoms with Crippen molar-refractivity contribution in [3.8, 4) is 5.75 Å². The summed E-state index contributed by atoms with van der Waals surface area (Å²) in [7, 11) is 0.00894. The molecule has 0 aromatic heterocycles. The van der Waals surface area contributed by atoms with Crippen LogP contribution in [0.2, 0.25) is 0 Å². The van der Waals surface area contributed by atoms with E-state index in [-0.39, 0.29) is 14.5 Å². The number of unbranched alkanes of at least 4 members (excludes halogenated alkanes) is 22. The first-order chi connectivity index (χ1) is 25.1. The maximum atomic E-state index is 5.35. The molecule has 0 aliphatic rings. The van der Waals surface area contributed by atoms with Gasteiger partial charge in [-0.2, -0.15) is 0 Å². The fourth-order valence-electron chi connectivity index (χ4n) is 4.70. The average Bonchev–Trinajstić information content (AvgIpc) is 3.16. The molecule has 306 valence electrons. The van der Waals surface area contributed by atoms with Crippen LogP contribution in [0.1, 0.15) is 208 Å². The lowest BCUT2D eigenvalue weighted by atomic mass is 10.1. The summed E-state index contributed by atoms with van der Waals surface area (Å²) in [4.78, 5) is 0. The summed E-state index contributed by atoms with van der Waals surface area (Å²) < 4.78 is 10.5. The zero-order chi connectivity index (χ0) is 38.6. The van der Waals surface area contributed by atoms with Crippen molar-refractivity contribution in [1.29, 1.82) is 0 Å². The Balaban J connectivity index is -0.000000181. The van der Waals surface area contributed by atoms with Gasteiger partial charge in [0.15, 0.2) is 0 Å². The first kappa shape index (κ1) is 59.2. The maximum Gasteiger partial charge on any atom is 0.274 e. The second kappa shape index (κ2) is 63.9. The van der Waals surface area contributed by atoms with Crippen LogP contribution in [0.15, 0.2) is 92.8 Å². The Hall–Kier alpha value is -2.09. The Kier molecular flexibility index (Phi) is 72.8. The molecular formula is C48H91O3P. The summed E-state index contributed by atoms with van der Waals surface area (Å²) in [6, 6.07) is 9.61. The zero-order valence-corrected chi connectivity index (χ0v) is 36.8. The van der Waals surface area contributed by atoms with Gasteiger partial charge in [-0.05, 0) is 31.1 Å². The fourth-order valence-corrected chi connectivity index (χ4v) is 5.13. The minimum Gasteiger partial charge on any atom is -0.449 e. The second-order valence-corrected chi connectivity index (χ2v) is 13.7. The van der Waals surface area contributed by atoms with Gasteiger partial charge in [-0.1, -0.05) is 257 Å². The molecule has 0 amide bonds. The van der Waals surface area contributed by atoms with Crippen LogP contribution in [0.4, 0.5) is 0 Å². The predicted octanol–water partition coefficient (Wildman–Crippen LogP) is 17.6. The van der Waals surface area contributed by atoms with Crippen molar-refractivity contribution in [1.82, 2.24) is 0 Å². The van der Waals surface area contributed by atoms with Crippen LogP contribution in [0.5, 0.6) is 5.75 Å². The number of rotatable bonds is 30. The topological polar surface area (TPSA) is 50.0 Å². The third kappa shape index (κ3) is 69.6. The highest BCUT2D eigenvalue weighted by atomic mass is 31.1. The second-order valence-electron chi connectivity index (χ2n) is 13.1. The molecule has 0 fully saturated rings. The van der Waals surface area contributed by atoms with E-state index in [0.717, 1.165) is 18.6 Å². The van der Waals surface area contributed by atoms with E-state index in [2.05, 4.69) is 61.3 Å². The standard InChI is InChI=1S/C12H15O2P.3C10H22.C6H8.H2O/c1-2-3-4-8-11-13-15-14-12-9-6-5-7-10-12;3*1-3-5-7-9-10-8-6-4-2;1-3-5-6-4-2;/h2,5-11,15H,1,3-4H2;3*3-10H2,1-2H3;3-6H,1-2H2;1H2/b11-8+;;;;6-5-;. The van der Waals surface area contributed by atoms with Crippen molar-refractivity contribution in [3.63, 3.8) is 0 Å². The van der Waals surface area contributed by atoms with Gasteiger partial charge in [-0.15, -0.1) is 6.58 Å². The normalized spacial score (nSPS) is 10.0. The van der Waals surface area contributed by atoms with Gasteiger partial charge in [-0.3, -0.25) is 0 Å². The molecule has 1 aromatic carbocycles. The van der Waals surface area contributed by atoms with Crippen molar-refractivity contribution in [2.24, 2.45) is 0 Å². The Morgan fingerprint density at radius 1 is 0.481 bits per heavy atom. The molecule has 4 heteroatoms. The molecule has 0 saturated carbocycles. The van der Waals surface area contributed by atoms with E-state index in [9.17, 15) is 0 Å². The van der Waals surface area contributed by atoms with Gasteiger partial charge in [0.25, 0.3) is 9.03 Å². The van der Waals surface area contributed by atoms with Gasteiger partial charge in [-0.25, -0.2) is 0 Å². The van der Waals surface area contributed by atoms with Gasteiger partial charge in [0, 0.05) is 0 Å². The van der Waals surface area contributed by atoms with Crippen molar-refractivity contribution < 1.29 is 14.5 Å². The van der Waals surface area contributed by atoms with Gasteiger partial charge in [0.05, 0.1) is 6.26 Å². The van der Waals surface area contributed by atoms with E-state index in [1.165, 1.54) is 154 Å². The summed E-state index contributed by atoms with van der Waals surface area (Å²) in [5.74, 6) is 0.829. The van der Waals surface area contributed by atoms with Crippen LogP contribution in [0.3, 0.4) is 0 Å². The van der Waals surface area contributed by atoms with Crippen molar-refractivity contribution >= 4 is 9.03 Å². The molecule has 0 saturated heterocycles. The number of benzene rings is 1. The van der Waals surface area contributed by atoms with Crippen LogP contribution in [0.25, 0.3) is 0 Å². The van der Waals surface area contributed by atoms with Crippen LogP contribution in [-0.4, -0.2) is 5.48 Å². The molecule has 0 radical (unpaired) electrons. The third-order valence-electron chi connectivity index (χ3n) is 7.91. The van der Waals surface area contributed by atoms with Gasteiger partial charge < -0.3 is 14.5 Å². The summed E-state index contributed by atoms with van der Waals surface area (Å²) in [5, 5.41) is 0. The average molecular weight is 747 g/mol. The summed E-state index contributed by atoms with van der Waals surface area (Å²) >= 11 is 0. The zero-order valence-electron chi connectivity index (χ0n) is 35.8. The van der Waals surface area contributed by atoms with Crippen molar-refractivity contribution in [3.05, 3.63) is 92.8 Å². The molecule has 1 unspecified atom stereocenters.